The predicted octanol–water partition coefficient (Wildman–Crippen LogP) is 4.55. The Balaban J connectivity index is 0.00000280. The SMILES string of the molecule is CC(C)c1ccc(C(=O)Nc2sccc2C(=O)NC2CCC(N)CC2)cc1.Cl. The Morgan fingerprint density at radius 1 is 1.04 bits per heavy atom. The summed E-state index contributed by atoms with van der Waals surface area (Å²) in [5, 5.41) is 8.36. The molecule has 7 heteroatoms. The first kappa shape index (κ1) is 22.4. The Labute approximate surface area is 176 Å². The number of anilines is 1. The van der Waals surface area contributed by atoms with E-state index in [9.17, 15) is 9.59 Å². The minimum absolute atomic E-state index is 0. The van der Waals surface area contributed by atoms with Crippen LogP contribution in [0.2, 0.25) is 0 Å². The molecule has 1 aromatic carbocycles. The summed E-state index contributed by atoms with van der Waals surface area (Å²) >= 11 is 1.36. The molecule has 0 spiro atoms. The Morgan fingerprint density at radius 2 is 1.68 bits per heavy atom. The molecule has 152 valence electrons. The first-order valence-electron chi connectivity index (χ1n) is 9.49. The lowest BCUT2D eigenvalue weighted by atomic mass is 9.92. The highest BCUT2D eigenvalue weighted by Gasteiger charge is 2.22. The normalized spacial score (nSPS) is 19.0. The van der Waals surface area contributed by atoms with Crippen molar-refractivity contribution in [2.45, 2.75) is 57.5 Å². The number of hydrogen-bond acceptors (Lipinski definition) is 4. The van der Waals surface area contributed by atoms with Crippen molar-refractivity contribution in [2.75, 3.05) is 5.32 Å². The van der Waals surface area contributed by atoms with Crippen molar-refractivity contribution >= 4 is 40.6 Å². The quantitative estimate of drug-likeness (QED) is 0.662. The van der Waals surface area contributed by atoms with Crippen molar-refractivity contribution in [3.05, 3.63) is 52.4 Å². The number of nitrogens with two attached hydrogens (primary N) is 1. The minimum atomic E-state index is -0.203. The van der Waals surface area contributed by atoms with Gasteiger partial charge in [-0.3, -0.25) is 9.59 Å². The van der Waals surface area contributed by atoms with Crippen molar-refractivity contribution in [2.24, 2.45) is 5.73 Å². The van der Waals surface area contributed by atoms with Gasteiger partial charge in [-0.25, -0.2) is 0 Å². The Morgan fingerprint density at radius 3 is 2.29 bits per heavy atom. The zero-order valence-corrected chi connectivity index (χ0v) is 17.9. The molecule has 28 heavy (non-hydrogen) atoms. The fourth-order valence-corrected chi connectivity index (χ4v) is 4.09. The van der Waals surface area contributed by atoms with Gasteiger partial charge in [0.2, 0.25) is 0 Å². The Bertz CT molecular complexity index is 796. The minimum Gasteiger partial charge on any atom is -0.349 e. The predicted molar refractivity (Wildman–Crippen MR) is 118 cm³/mol. The number of rotatable bonds is 5. The fraction of sp³-hybridized carbons (Fsp3) is 0.429. The van der Waals surface area contributed by atoms with E-state index >= 15 is 0 Å². The van der Waals surface area contributed by atoms with Gasteiger partial charge in [-0.15, -0.1) is 23.7 Å². The van der Waals surface area contributed by atoms with Crippen molar-refractivity contribution in [1.29, 1.82) is 0 Å². The molecule has 1 fully saturated rings. The average Bonchev–Trinajstić information content (AvgIpc) is 3.12. The van der Waals surface area contributed by atoms with E-state index in [1.807, 2.05) is 29.6 Å². The van der Waals surface area contributed by atoms with Crippen LogP contribution in [-0.2, 0) is 0 Å². The summed E-state index contributed by atoms with van der Waals surface area (Å²) < 4.78 is 0. The first-order chi connectivity index (χ1) is 12.9. The summed E-state index contributed by atoms with van der Waals surface area (Å²) in [5.74, 6) is 0.0802. The van der Waals surface area contributed by atoms with E-state index in [2.05, 4.69) is 24.5 Å². The number of benzene rings is 1. The molecule has 0 saturated heterocycles. The summed E-state index contributed by atoms with van der Waals surface area (Å²) in [4.78, 5) is 25.2. The van der Waals surface area contributed by atoms with Crippen LogP contribution < -0.4 is 16.4 Å². The van der Waals surface area contributed by atoms with Gasteiger partial charge in [0.15, 0.2) is 0 Å². The molecule has 0 atom stereocenters. The number of nitrogens with one attached hydrogen (secondary N) is 2. The second-order valence-corrected chi connectivity index (χ2v) is 8.40. The molecule has 0 bridgehead atoms. The Hall–Kier alpha value is -1.89. The highest BCUT2D eigenvalue weighted by Crippen LogP contribution is 2.25. The molecule has 1 saturated carbocycles. The van der Waals surface area contributed by atoms with Gasteiger partial charge in [-0.05, 0) is 60.7 Å². The Kier molecular flexibility index (Phi) is 8.04. The largest absolute Gasteiger partial charge is 0.349 e. The molecular formula is C21H28ClN3O2S. The number of hydrogen-bond donors (Lipinski definition) is 3. The van der Waals surface area contributed by atoms with Gasteiger partial charge in [0.05, 0.1) is 5.56 Å². The van der Waals surface area contributed by atoms with Crippen LogP contribution in [0.4, 0.5) is 5.00 Å². The summed E-state index contributed by atoms with van der Waals surface area (Å²) in [5.41, 5.74) is 8.21. The van der Waals surface area contributed by atoms with Gasteiger partial charge >= 0.3 is 0 Å². The van der Waals surface area contributed by atoms with Crippen LogP contribution >= 0.6 is 23.7 Å². The maximum absolute atomic E-state index is 12.6. The summed E-state index contributed by atoms with van der Waals surface area (Å²) in [6, 6.07) is 9.74. The van der Waals surface area contributed by atoms with Crippen LogP contribution in [-0.4, -0.2) is 23.9 Å². The van der Waals surface area contributed by atoms with Crippen LogP contribution in [0, 0.1) is 0 Å². The lowest BCUT2D eigenvalue weighted by Gasteiger charge is -2.26. The third-order valence-electron chi connectivity index (χ3n) is 5.08. The highest BCUT2D eigenvalue weighted by atomic mass is 35.5. The summed E-state index contributed by atoms with van der Waals surface area (Å²) in [7, 11) is 0. The van der Waals surface area contributed by atoms with Crippen LogP contribution in [0.5, 0.6) is 0 Å². The summed E-state index contributed by atoms with van der Waals surface area (Å²) in [6.45, 7) is 4.23. The van der Waals surface area contributed by atoms with Crippen molar-refractivity contribution in [3.63, 3.8) is 0 Å². The molecule has 0 radical (unpaired) electrons. The number of carbonyl (C=O) groups excluding carboxylic acids is 2. The number of thiophene rings is 1. The third kappa shape index (κ3) is 5.56. The van der Waals surface area contributed by atoms with Crippen molar-refractivity contribution in [1.82, 2.24) is 5.32 Å². The molecular weight excluding hydrogens is 394 g/mol. The van der Waals surface area contributed by atoms with Crippen LogP contribution in [0.1, 0.15) is 71.7 Å². The van der Waals surface area contributed by atoms with E-state index < -0.39 is 0 Å². The van der Waals surface area contributed by atoms with E-state index in [0.717, 1.165) is 25.7 Å². The standard InChI is InChI=1S/C21H27N3O2S.ClH/c1-13(2)14-3-5-15(6-4-14)19(25)24-21-18(11-12-27-21)20(26)23-17-9-7-16(22)8-10-17;/h3-6,11-13,16-17H,7-10,22H2,1-2H3,(H,23,26)(H,24,25);1H. The molecule has 2 aromatic rings. The van der Waals surface area contributed by atoms with Gasteiger partial charge in [0.25, 0.3) is 11.8 Å². The number of carbonyl (C=O) groups is 2. The van der Waals surface area contributed by atoms with E-state index in [1.165, 1.54) is 16.9 Å². The first-order valence-corrected chi connectivity index (χ1v) is 10.4. The van der Waals surface area contributed by atoms with Crippen molar-refractivity contribution in [3.8, 4) is 0 Å². The van der Waals surface area contributed by atoms with Crippen molar-refractivity contribution < 1.29 is 9.59 Å². The molecule has 0 unspecified atom stereocenters. The molecule has 1 aromatic heterocycles. The van der Waals surface area contributed by atoms with Crippen LogP contribution in [0.25, 0.3) is 0 Å². The molecule has 5 nitrogen and oxygen atoms in total. The van der Waals surface area contributed by atoms with Gasteiger partial charge in [-0.1, -0.05) is 26.0 Å². The third-order valence-corrected chi connectivity index (χ3v) is 5.91. The number of amides is 2. The molecule has 2 amide bonds. The van der Waals surface area contributed by atoms with Gasteiger partial charge in [0.1, 0.15) is 5.00 Å². The number of halogens is 1. The van der Waals surface area contributed by atoms with E-state index in [-0.39, 0.29) is 36.3 Å². The molecule has 4 N–H and O–H groups in total. The van der Waals surface area contributed by atoms with E-state index in [1.54, 1.807) is 6.07 Å². The van der Waals surface area contributed by atoms with Gasteiger partial charge in [0, 0.05) is 17.6 Å². The van der Waals surface area contributed by atoms with Crippen LogP contribution in [0.15, 0.2) is 35.7 Å². The smallest absolute Gasteiger partial charge is 0.256 e. The van der Waals surface area contributed by atoms with E-state index in [0.29, 0.717) is 22.0 Å². The lowest BCUT2D eigenvalue weighted by Crippen LogP contribution is -2.40. The molecule has 1 aliphatic rings. The van der Waals surface area contributed by atoms with Gasteiger partial charge in [-0.2, -0.15) is 0 Å². The zero-order valence-electron chi connectivity index (χ0n) is 16.2. The molecule has 0 aliphatic heterocycles. The zero-order chi connectivity index (χ0) is 19.4. The fourth-order valence-electron chi connectivity index (χ4n) is 3.31. The maximum atomic E-state index is 12.6. The van der Waals surface area contributed by atoms with Gasteiger partial charge < -0.3 is 16.4 Å². The highest BCUT2D eigenvalue weighted by molar-refractivity contribution is 7.14. The second kappa shape index (κ2) is 10.0. The average molecular weight is 422 g/mol. The lowest BCUT2D eigenvalue weighted by molar-refractivity contribution is 0.0927. The second-order valence-electron chi connectivity index (χ2n) is 7.48. The van der Waals surface area contributed by atoms with Crippen LogP contribution in [0.3, 0.4) is 0 Å². The van der Waals surface area contributed by atoms with E-state index in [4.69, 9.17) is 5.73 Å². The maximum Gasteiger partial charge on any atom is 0.256 e. The summed E-state index contributed by atoms with van der Waals surface area (Å²) in [6.07, 6.45) is 3.68. The molecule has 1 aliphatic carbocycles. The molecule has 1 heterocycles. The molecule has 3 rings (SSSR count). The monoisotopic (exact) mass is 421 g/mol. The topological polar surface area (TPSA) is 84.2 Å².